The molecule has 0 unspecified atom stereocenters. The Morgan fingerprint density at radius 3 is 2.11 bits per heavy atom. The normalized spacial score (nSPS) is 10.4. The summed E-state index contributed by atoms with van der Waals surface area (Å²) in [5.74, 6) is 1.33. The number of hydrogen-bond acceptors (Lipinski definition) is 2. The molecule has 0 radical (unpaired) electrons. The fourth-order valence-electron chi connectivity index (χ4n) is 1.27. The molecule has 0 aliphatic rings. The minimum atomic E-state index is 0.126. The lowest BCUT2D eigenvalue weighted by Gasteiger charge is -2.11. The Bertz CT molecular complexity index is 599. The Hall–Kier alpha value is -0.0400. The number of phenolic OH excluding ortho intramolecular Hbond substituents is 1. The van der Waals surface area contributed by atoms with Crippen molar-refractivity contribution in [3.05, 3.63) is 48.2 Å². The summed E-state index contributed by atoms with van der Waals surface area (Å²) in [5, 5.41) is 9.65. The molecule has 0 spiro atoms. The number of halogens is 4. The van der Waals surface area contributed by atoms with Crippen LogP contribution in [0.1, 0.15) is 0 Å². The summed E-state index contributed by atoms with van der Waals surface area (Å²) in [6, 6.07) is 8.88. The average molecular weight is 502 g/mol. The molecule has 0 aliphatic carbocycles. The summed E-state index contributed by atoms with van der Waals surface area (Å²) in [5.41, 5.74) is 0. The summed E-state index contributed by atoms with van der Waals surface area (Å²) in [6.07, 6.45) is 0. The monoisotopic (exact) mass is 498 g/mol. The fraction of sp³-hybridized carbons (Fsp3) is 0. The second-order valence-corrected chi connectivity index (χ2v) is 6.89. The smallest absolute Gasteiger partial charge is 0.145 e. The minimum Gasteiger partial charge on any atom is -0.507 e. The third-order valence-electron chi connectivity index (χ3n) is 2.12. The van der Waals surface area contributed by atoms with Gasteiger partial charge in [0, 0.05) is 10.5 Å². The van der Waals surface area contributed by atoms with E-state index < -0.39 is 0 Å². The summed E-state index contributed by atoms with van der Waals surface area (Å²) in [4.78, 5) is 0. The Labute approximate surface area is 138 Å². The van der Waals surface area contributed by atoms with Gasteiger partial charge >= 0.3 is 0 Å². The van der Waals surface area contributed by atoms with Crippen LogP contribution >= 0.6 is 63.7 Å². The molecule has 0 fully saturated rings. The maximum atomic E-state index is 9.65. The number of phenols is 1. The van der Waals surface area contributed by atoms with Crippen LogP contribution in [0.3, 0.4) is 0 Å². The van der Waals surface area contributed by atoms with Crippen LogP contribution in [0.25, 0.3) is 0 Å². The molecule has 6 heteroatoms. The average Bonchev–Trinajstić information content (AvgIpc) is 2.29. The van der Waals surface area contributed by atoms with Crippen molar-refractivity contribution < 1.29 is 9.84 Å². The van der Waals surface area contributed by atoms with Gasteiger partial charge in [-0.3, -0.25) is 0 Å². The first-order valence-corrected chi connectivity index (χ1v) is 7.95. The van der Waals surface area contributed by atoms with E-state index in [2.05, 4.69) is 63.7 Å². The van der Waals surface area contributed by atoms with Crippen LogP contribution in [-0.4, -0.2) is 5.11 Å². The molecular weight excluding hydrogens is 496 g/mol. The Morgan fingerprint density at radius 1 is 0.778 bits per heavy atom. The maximum Gasteiger partial charge on any atom is 0.145 e. The lowest BCUT2D eigenvalue weighted by atomic mass is 10.3. The van der Waals surface area contributed by atoms with Crippen LogP contribution in [0.4, 0.5) is 0 Å². The highest BCUT2D eigenvalue weighted by Gasteiger charge is 2.10. The second-order valence-electron chi connectivity index (χ2n) is 3.41. The van der Waals surface area contributed by atoms with Gasteiger partial charge in [-0.1, -0.05) is 15.9 Å². The van der Waals surface area contributed by atoms with Crippen molar-refractivity contribution in [2.45, 2.75) is 0 Å². The standard InChI is InChI=1S/C12H6Br4O2/c13-6-1-2-11(8(15)3-6)18-12-5-10(17)7(14)4-9(12)16/h1-5,17H. The first-order chi connectivity index (χ1) is 8.47. The molecule has 0 aliphatic heterocycles. The van der Waals surface area contributed by atoms with E-state index in [0.29, 0.717) is 16.0 Å². The summed E-state index contributed by atoms with van der Waals surface area (Å²) in [6.45, 7) is 0. The zero-order valence-electron chi connectivity index (χ0n) is 8.75. The van der Waals surface area contributed by atoms with Crippen molar-refractivity contribution in [1.29, 1.82) is 0 Å². The van der Waals surface area contributed by atoms with Crippen molar-refractivity contribution in [3.8, 4) is 17.2 Å². The van der Waals surface area contributed by atoms with Gasteiger partial charge in [-0.15, -0.1) is 0 Å². The molecule has 0 saturated carbocycles. The fourth-order valence-corrected chi connectivity index (χ4v) is 3.48. The van der Waals surface area contributed by atoms with Gasteiger partial charge in [0.15, 0.2) is 0 Å². The third kappa shape index (κ3) is 3.29. The van der Waals surface area contributed by atoms with Gasteiger partial charge in [-0.05, 0) is 72.1 Å². The van der Waals surface area contributed by atoms with Gasteiger partial charge in [-0.2, -0.15) is 0 Å². The van der Waals surface area contributed by atoms with Crippen molar-refractivity contribution in [1.82, 2.24) is 0 Å². The van der Waals surface area contributed by atoms with E-state index in [1.165, 1.54) is 0 Å². The van der Waals surface area contributed by atoms with E-state index in [1.807, 2.05) is 18.2 Å². The van der Waals surface area contributed by atoms with Crippen molar-refractivity contribution in [2.75, 3.05) is 0 Å². The van der Waals surface area contributed by atoms with Gasteiger partial charge in [0.25, 0.3) is 0 Å². The van der Waals surface area contributed by atoms with Crippen molar-refractivity contribution >= 4 is 63.7 Å². The number of ether oxygens (including phenoxy) is 1. The second kappa shape index (κ2) is 5.94. The van der Waals surface area contributed by atoms with E-state index in [4.69, 9.17) is 4.74 Å². The molecule has 2 aromatic rings. The molecule has 0 saturated heterocycles. The zero-order chi connectivity index (χ0) is 13.3. The first kappa shape index (κ1) is 14.4. The van der Waals surface area contributed by atoms with Crippen LogP contribution in [0, 0.1) is 0 Å². The molecule has 0 bridgehead atoms. The molecule has 18 heavy (non-hydrogen) atoms. The quantitative estimate of drug-likeness (QED) is 0.528. The lowest BCUT2D eigenvalue weighted by molar-refractivity contribution is 0.450. The largest absolute Gasteiger partial charge is 0.507 e. The third-order valence-corrected chi connectivity index (χ3v) is 4.48. The molecule has 0 aromatic heterocycles. The van der Waals surface area contributed by atoms with Gasteiger partial charge in [0.1, 0.15) is 17.2 Å². The van der Waals surface area contributed by atoms with E-state index in [0.717, 1.165) is 13.4 Å². The SMILES string of the molecule is Oc1cc(Oc2ccc(Br)cc2Br)c(Br)cc1Br. The molecular formula is C12H6Br4O2. The molecule has 2 aromatic carbocycles. The highest BCUT2D eigenvalue weighted by Crippen LogP contribution is 2.39. The summed E-state index contributed by atoms with van der Waals surface area (Å²) < 4.78 is 8.88. The van der Waals surface area contributed by atoms with Crippen molar-refractivity contribution in [2.24, 2.45) is 0 Å². The molecule has 0 amide bonds. The van der Waals surface area contributed by atoms with Gasteiger partial charge in [-0.25, -0.2) is 0 Å². The number of benzene rings is 2. The molecule has 1 N–H and O–H groups in total. The molecule has 94 valence electrons. The lowest BCUT2D eigenvalue weighted by Crippen LogP contribution is -1.87. The number of hydrogen-bond donors (Lipinski definition) is 1. The van der Waals surface area contributed by atoms with Crippen LogP contribution in [0.2, 0.25) is 0 Å². The van der Waals surface area contributed by atoms with Gasteiger partial charge in [0.2, 0.25) is 0 Å². The highest BCUT2D eigenvalue weighted by molar-refractivity contribution is 9.11. The van der Waals surface area contributed by atoms with E-state index in [9.17, 15) is 5.11 Å². The van der Waals surface area contributed by atoms with Crippen LogP contribution in [-0.2, 0) is 0 Å². The van der Waals surface area contributed by atoms with E-state index in [1.54, 1.807) is 12.1 Å². The summed E-state index contributed by atoms with van der Waals surface area (Å²) >= 11 is 13.4. The minimum absolute atomic E-state index is 0.126. The van der Waals surface area contributed by atoms with Crippen LogP contribution in [0.5, 0.6) is 17.2 Å². The Kier molecular flexibility index (Phi) is 4.75. The Balaban J connectivity index is 2.37. The first-order valence-electron chi connectivity index (χ1n) is 4.78. The molecule has 2 rings (SSSR count). The topological polar surface area (TPSA) is 29.5 Å². The van der Waals surface area contributed by atoms with Crippen molar-refractivity contribution in [3.63, 3.8) is 0 Å². The predicted molar refractivity (Wildman–Crippen MR) is 85.4 cm³/mol. The number of aromatic hydroxyl groups is 1. The molecule has 0 heterocycles. The number of rotatable bonds is 2. The van der Waals surface area contributed by atoms with Gasteiger partial charge in [0.05, 0.1) is 13.4 Å². The van der Waals surface area contributed by atoms with E-state index in [-0.39, 0.29) is 5.75 Å². The van der Waals surface area contributed by atoms with Crippen LogP contribution in [0.15, 0.2) is 48.2 Å². The van der Waals surface area contributed by atoms with Crippen LogP contribution < -0.4 is 4.74 Å². The maximum absolute atomic E-state index is 9.65. The predicted octanol–water partition coefficient (Wildman–Crippen LogP) is 6.23. The molecule has 2 nitrogen and oxygen atoms in total. The molecule has 0 atom stereocenters. The Morgan fingerprint density at radius 2 is 1.44 bits per heavy atom. The summed E-state index contributed by atoms with van der Waals surface area (Å²) in [7, 11) is 0. The van der Waals surface area contributed by atoms with Gasteiger partial charge < -0.3 is 9.84 Å². The highest BCUT2D eigenvalue weighted by atomic mass is 79.9. The van der Waals surface area contributed by atoms with E-state index >= 15 is 0 Å². The zero-order valence-corrected chi connectivity index (χ0v) is 15.1.